The maximum atomic E-state index is 5.35. The topological polar surface area (TPSA) is 25.2 Å². The lowest BCUT2D eigenvalue weighted by Crippen LogP contribution is -2.29. The van der Waals surface area contributed by atoms with Gasteiger partial charge in [0.1, 0.15) is 5.76 Å². The van der Waals surface area contributed by atoms with Crippen molar-refractivity contribution in [1.82, 2.24) is 5.32 Å². The van der Waals surface area contributed by atoms with Crippen LogP contribution in [-0.2, 0) is 6.42 Å². The first kappa shape index (κ1) is 12.9. The van der Waals surface area contributed by atoms with Crippen molar-refractivity contribution in [2.24, 2.45) is 0 Å². The Morgan fingerprint density at radius 3 is 2.50 bits per heavy atom. The Kier molecular flexibility index (Phi) is 4.59. The van der Waals surface area contributed by atoms with E-state index in [1.165, 1.54) is 5.56 Å². The second kappa shape index (κ2) is 6.41. The molecule has 2 atom stereocenters. The zero-order valence-corrected chi connectivity index (χ0v) is 11.1. The quantitative estimate of drug-likeness (QED) is 0.831. The summed E-state index contributed by atoms with van der Waals surface area (Å²) in [5, 5.41) is 3.62. The molecule has 0 bridgehead atoms. The smallest absolute Gasteiger partial charge is 0.103 e. The summed E-state index contributed by atoms with van der Waals surface area (Å²) in [6.45, 7) is 4.43. The summed E-state index contributed by atoms with van der Waals surface area (Å²) >= 11 is 0. The first-order valence-electron chi connectivity index (χ1n) is 6.59. The minimum atomic E-state index is 0.387. The molecule has 1 aromatic heterocycles. The third-order valence-corrected chi connectivity index (χ3v) is 3.24. The summed E-state index contributed by atoms with van der Waals surface area (Å²) in [6.07, 6.45) is 3.81. The molecular formula is C16H21NO. The highest BCUT2D eigenvalue weighted by Gasteiger charge is 2.09. The number of hydrogen-bond donors (Lipinski definition) is 1. The Hall–Kier alpha value is -1.54. The van der Waals surface area contributed by atoms with Crippen molar-refractivity contribution >= 4 is 0 Å². The molecule has 1 aromatic carbocycles. The Morgan fingerprint density at radius 1 is 1.06 bits per heavy atom. The van der Waals surface area contributed by atoms with Gasteiger partial charge in [-0.3, -0.25) is 0 Å². The van der Waals surface area contributed by atoms with Crippen LogP contribution in [0.3, 0.4) is 0 Å². The molecule has 1 N–H and O–H groups in total. The van der Waals surface area contributed by atoms with Gasteiger partial charge in [-0.25, -0.2) is 0 Å². The van der Waals surface area contributed by atoms with Crippen LogP contribution in [0.25, 0.3) is 0 Å². The molecule has 0 amide bonds. The molecule has 0 spiro atoms. The van der Waals surface area contributed by atoms with Crippen molar-refractivity contribution in [2.45, 2.75) is 38.8 Å². The number of benzene rings is 1. The van der Waals surface area contributed by atoms with Gasteiger partial charge in [-0.15, -0.1) is 0 Å². The van der Waals surface area contributed by atoms with E-state index in [1.54, 1.807) is 6.26 Å². The van der Waals surface area contributed by atoms with Crippen molar-refractivity contribution < 1.29 is 4.42 Å². The summed E-state index contributed by atoms with van der Waals surface area (Å²) in [5.41, 5.74) is 1.34. The van der Waals surface area contributed by atoms with Gasteiger partial charge in [-0.1, -0.05) is 30.3 Å². The van der Waals surface area contributed by atoms with Crippen LogP contribution >= 0.6 is 0 Å². The average Bonchev–Trinajstić information content (AvgIpc) is 2.90. The van der Waals surface area contributed by atoms with Gasteiger partial charge >= 0.3 is 0 Å². The number of rotatable bonds is 6. The van der Waals surface area contributed by atoms with Crippen LogP contribution in [0.15, 0.2) is 53.1 Å². The molecule has 2 nitrogen and oxygen atoms in total. The van der Waals surface area contributed by atoms with Crippen molar-refractivity contribution in [3.8, 4) is 0 Å². The Balaban J connectivity index is 1.78. The molecule has 0 saturated carbocycles. The van der Waals surface area contributed by atoms with Gasteiger partial charge in [-0.2, -0.15) is 0 Å². The molecular weight excluding hydrogens is 222 g/mol. The van der Waals surface area contributed by atoms with Crippen molar-refractivity contribution in [1.29, 1.82) is 0 Å². The first-order valence-corrected chi connectivity index (χ1v) is 6.59. The van der Waals surface area contributed by atoms with Gasteiger partial charge in [0.05, 0.1) is 6.26 Å². The SMILES string of the molecule is CC(CCc1ccco1)NC(C)c1ccccc1. The minimum Gasteiger partial charge on any atom is -0.469 e. The normalized spacial score (nSPS) is 14.3. The van der Waals surface area contributed by atoms with E-state index in [0.717, 1.165) is 18.6 Å². The number of furan rings is 1. The van der Waals surface area contributed by atoms with Crippen LogP contribution in [-0.4, -0.2) is 6.04 Å². The van der Waals surface area contributed by atoms with Crippen LogP contribution in [0.2, 0.25) is 0 Å². The highest BCUT2D eigenvalue weighted by molar-refractivity contribution is 5.18. The Bertz CT molecular complexity index is 435. The lowest BCUT2D eigenvalue weighted by atomic mass is 10.1. The summed E-state index contributed by atoms with van der Waals surface area (Å²) in [6, 6.07) is 15.4. The molecule has 2 aromatic rings. The van der Waals surface area contributed by atoms with Gasteiger partial charge in [0.25, 0.3) is 0 Å². The average molecular weight is 243 g/mol. The van der Waals surface area contributed by atoms with Crippen LogP contribution < -0.4 is 5.32 Å². The number of aryl methyl sites for hydroxylation is 1. The highest BCUT2D eigenvalue weighted by Crippen LogP contribution is 2.13. The van der Waals surface area contributed by atoms with Crippen LogP contribution in [0.4, 0.5) is 0 Å². The molecule has 0 radical (unpaired) electrons. The van der Waals surface area contributed by atoms with Crippen molar-refractivity contribution in [3.05, 3.63) is 60.1 Å². The van der Waals surface area contributed by atoms with E-state index in [2.05, 4.69) is 49.5 Å². The standard InChI is InChI=1S/C16H21NO/c1-13(10-11-16-9-6-12-18-16)17-14(2)15-7-4-3-5-8-15/h3-9,12-14,17H,10-11H2,1-2H3. The number of hydrogen-bond acceptors (Lipinski definition) is 2. The van der Waals surface area contributed by atoms with Gasteiger partial charge in [0.2, 0.25) is 0 Å². The second-order valence-corrected chi connectivity index (χ2v) is 4.82. The zero-order valence-electron chi connectivity index (χ0n) is 11.1. The molecule has 0 aliphatic heterocycles. The molecule has 0 aliphatic carbocycles. The molecule has 0 aliphatic rings. The van der Waals surface area contributed by atoms with E-state index in [-0.39, 0.29) is 0 Å². The Labute approximate surface area is 109 Å². The molecule has 2 unspecified atom stereocenters. The molecule has 96 valence electrons. The molecule has 0 fully saturated rings. The molecule has 2 heteroatoms. The summed E-state index contributed by atoms with van der Waals surface area (Å²) in [7, 11) is 0. The van der Waals surface area contributed by atoms with E-state index >= 15 is 0 Å². The maximum absolute atomic E-state index is 5.35. The molecule has 18 heavy (non-hydrogen) atoms. The first-order chi connectivity index (χ1) is 8.75. The van der Waals surface area contributed by atoms with Gasteiger partial charge < -0.3 is 9.73 Å². The Morgan fingerprint density at radius 2 is 1.83 bits per heavy atom. The van der Waals surface area contributed by atoms with Crippen LogP contribution in [0.1, 0.15) is 37.6 Å². The fourth-order valence-corrected chi connectivity index (χ4v) is 2.16. The summed E-state index contributed by atoms with van der Waals surface area (Å²) in [5.74, 6) is 1.07. The van der Waals surface area contributed by atoms with E-state index < -0.39 is 0 Å². The lowest BCUT2D eigenvalue weighted by Gasteiger charge is -2.20. The third-order valence-electron chi connectivity index (χ3n) is 3.24. The van der Waals surface area contributed by atoms with Gasteiger partial charge in [0, 0.05) is 18.5 Å². The molecule has 1 heterocycles. The summed E-state index contributed by atoms with van der Waals surface area (Å²) in [4.78, 5) is 0. The predicted octanol–water partition coefficient (Wildman–Crippen LogP) is 3.95. The monoisotopic (exact) mass is 243 g/mol. The van der Waals surface area contributed by atoms with Crippen LogP contribution in [0.5, 0.6) is 0 Å². The maximum Gasteiger partial charge on any atom is 0.103 e. The zero-order chi connectivity index (χ0) is 12.8. The number of nitrogens with one attached hydrogen (secondary N) is 1. The molecule has 2 rings (SSSR count). The lowest BCUT2D eigenvalue weighted by molar-refractivity contribution is 0.430. The molecule has 0 saturated heterocycles. The predicted molar refractivity (Wildman–Crippen MR) is 74.5 cm³/mol. The minimum absolute atomic E-state index is 0.387. The van der Waals surface area contributed by atoms with Crippen molar-refractivity contribution in [2.75, 3.05) is 0 Å². The fraction of sp³-hybridized carbons (Fsp3) is 0.375. The van der Waals surface area contributed by atoms with E-state index in [1.807, 2.05) is 12.1 Å². The van der Waals surface area contributed by atoms with Crippen LogP contribution in [0, 0.1) is 0 Å². The van der Waals surface area contributed by atoms with E-state index in [4.69, 9.17) is 4.42 Å². The largest absolute Gasteiger partial charge is 0.469 e. The van der Waals surface area contributed by atoms with E-state index in [0.29, 0.717) is 12.1 Å². The van der Waals surface area contributed by atoms with E-state index in [9.17, 15) is 0 Å². The van der Waals surface area contributed by atoms with Gasteiger partial charge in [-0.05, 0) is 38.0 Å². The second-order valence-electron chi connectivity index (χ2n) is 4.82. The summed E-state index contributed by atoms with van der Waals surface area (Å²) < 4.78 is 5.35. The highest BCUT2D eigenvalue weighted by atomic mass is 16.3. The van der Waals surface area contributed by atoms with Gasteiger partial charge in [0.15, 0.2) is 0 Å². The third kappa shape index (κ3) is 3.74. The van der Waals surface area contributed by atoms with Crippen molar-refractivity contribution in [3.63, 3.8) is 0 Å². The fourth-order valence-electron chi connectivity index (χ4n) is 2.16.